The summed E-state index contributed by atoms with van der Waals surface area (Å²) in [7, 11) is 0. The number of hydrogen-bond acceptors (Lipinski definition) is 2. The molecule has 0 bridgehead atoms. The first-order valence-electron chi connectivity index (χ1n) is 8.97. The van der Waals surface area contributed by atoms with Crippen molar-refractivity contribution in [2.45, 2.75) is 39.2 Å². The van der Waals surface area contributed by atoms with Crippen molar-refractivity contribution in [1.82, 2.24) is 4.90 Å². The molecule has 4 nitrogen and oxygen atoms in total. The molecule has 1 heterocycles. The van der Waals surface area contributed by atoms with Gasteiger partial charge >= 0.3 is 0 Å². The molecular formula is C21H23FN2O2. The van der Waals surface area contributed by atoms with Gasteiger partial charge in [0.25, 0.3) is 5.91 Å². The maximum Gasteiger partial charge on any atom is 0.257 e. The first-order valence-corrected chi connectivity index (χ1v) is 8.97. The predicted octanol–water partition coefficient (Wildman–Crippen LogP) is 3.94. The fraction of sp³-hybridized carbons (Fsp3) is 0.333. The highest BCUT2D eigenvalue weighted by atomic mass is 19.1. The normalized spacial score (nSPS) is 16.6. The van der Waals surface area contributed by atoms with Gasteiger partial charge in [0.15, 0.2) is 0 Å². The number of hydrogen-bond donors (Lipinski definition) is 1. The summed E-state index contributed by atoms with van der Waals surface area (Å²) in [5.41, 5.74) is 2.87. The number of likely N-dealkylation sites (tertiary alicyclic amines) is 1. The summed E-state index contributed by atoms with van der Waals surface area (Å²) < 4.78 is 14.0. The van der Waals surface area contributed by atoms with Crippen LogP contribution in [0, 0.1) is 12.7 Å². The van der Waals surface area contributed by atoms with E-state index in [0.717, 1.165) is 29.7 Å². The molecule has 0 aromatic heterocycles. The van der Waals surface area contributed by atoms with E-state index in [0.29, 0.717) is 13.0 Å². The number of aryl methyl sites for hydroxylation is 2. The molecule has 136 valence electrons. The standard InChI is InChI=1S/C21H23FN2O2/c1-3-15-9-6-8-14(2)19(15)23-20(25)18-12-7-13-24(18)21(26)16-10-4-5-11-17(16)22/h4-6,8-11,18H,3,7,12-13H2,1-2H3,(H,23,25)/t18-/m0/s1. The van der Waals surface area contributed by atoms with Gasteiger partial charge in [-0.1, -0.05) is 37.3 Å². The van der Waals surface area contributed by atoms with Crippen LogP contribution in [-0.4, -0.2) is 29.3 Å². The summed E-state index contributed by atoms with van der Waals surface area (Å²) >= 11 is 0. The Kier molecular flexibility index (Phi) is 5.35. The Labute approximate surface area is 153 Å². The fourth-order valence-corrected chi connectivity index (χ4v) is 3.48. The molecular weight excluding hydrogens is 331 g/mol. The van der Waals surface area contributed by atoms with Crippen molar-refractivity contribution in [1.29, 1.82) is 0 Å². The van der Waals surface area contributed by atoms with E-state index in [-0.39, 0.29) is 11.5 Å². The zero-order valence-electron chi connectivity index (χ0n) is 15.1. The lowest BCUT2D eigenvalue weighted by atomic mass is 10.0. The molecule has 2 aromatic carbocycles. The second-order valence-electron chi connectivity index (χ2n) is 6.59. The van der Waals surface area contributed by atoms with E-state index in [1.807, 2.05) is 32.0 Å². The molecule has 1 atom stereocenters. The molecule has 2 aromatic rings. The summed E-state index contributed by atoms with van der Waals surface area (Å²) in [5, 5.41) is 3.00. The highest BCUT2D eigenvalue weighted by Crippen LogP contribution is 2.25. The molecule has 26 heavy (non-hydrogen) atoms. The van der Waals surface area contributed by atoms with Crippen molar-refractivity contribution in [3.05, 3.63) is 65.0 Å². The van der Waals surface area contributed by atoms with Gasteiger partial charge in [-0.15, -0.1) is 0 Å². The summed E-state index contributed by atoms with van der Waals surface area (Å²) in [6.45, 7) is 4.44. The Balaban J connectivity index is 1.81. The molecule has 1 fully saturated rings. The van der Waals surface area contributed by atoms with Gasteiger partial charge in [-0.25, -0.2) is 4.39 Å². The zero-order chi connectivity index (χ0) is 18.7. The van der Waals surface area contributed by atoms with E-state index in [1.165, 1.54) is 17.0 Å². The van der Waals surface area contributed by atoms with Crippen LogP contribution in [-0.2, 0) is 11.2 Å². The number of halogens is 1. The van der Waals surface area contributed by atoms with Crippen LogP contribution in [0.2, 0.25) is 0 Å². The van der Waals surface area contributed by atoms with Gasteiger partial charge in [0, 0.05) is 12.2 Å². The van der Waals surface area contributed by atoms with Crippen LogP contribution in [0.15, 0.2) is 42.5 Å². The highest BCUT2D eigenvalue weighted by Gasteiger charge is 2.35. The smallest absolute Gasteiger partial charge is 0.257 e. The summed E-state index contributed by atoms with van der Waals surface area (Å²) in [6, 6.07) is 11.2. The van der Waals surface area contributed by atoms with E-state index >= 15 is 0 Å². The summed E-state index contributed by atoms with van der Waals surface area (Å²) in [5.74, 6) is -1.20. The Bertz CT molecular complexity index is 835. The molecule has 0 saturated carbocycles. The number of para-hydroxylation sites is 1. The SMILES string of the molecule is CCc1cccc(C)c1NC(=O)[C@@H]1CCCN1C(=O)c1ccccc1F. The van der Waals surface area contributed by atoms with E-state index in [2.05, 4.69) is 5.32 Å². The lowest BCUT2D eigenvalue weighted by Gasteiger charge is -2.25. The lowest BCUT2D eigenvalue weighted by molar-refractivity contribution is -0.119. The number of benzene rings is 2. The number of carbonyl (C=O) groups excluding carboxylic acids is 2. The molecule has 2 amide bonds. The molecule has 5 heteroatoms. The number of amides is 2. The molecule has 0 radical (unpaired) electrons. The maximum absolute atomic E-state index is 14.0. The van der Waals surface area contributed by atoms with Gasteiger partial charge in [-0.2, -0.15) is 0 Å². The van der Waals surface area contributed by atoms with Gasteiger partial charge < -0.3 is 10.2 Å². The molecule has 1 N–H and O–H groups in total. The average Bonchev–Trinajstić information content (AvgIpc) is 3.13. The average molecular weight is 354 g/mol. The monoisotopic (exact) mass is 354 g/mol. The van der Waals surface area contributed by atoms with Gasteiger partial charge in [0.2, 0.25) is 5.91 Å². The van der Waals surface area contributed by atoms with Crippen molar-refractivity contribution in [2.24, 2.45) is 0 Å². The minimum atomic E-state index is -0.577. The van der Waals surface area contributed by atoms with Crippen molar-refractivity contribution in [3.8, 4) is 0 Å². The second kappa shape index (κ2) is 7.68. The topological polar surface area (TPSA) is 49.4 Å². The van der Waals surface area contributed by atoms with Crippen molar-refractivity contribution in [2.75, 3.05) is 11.9 Å². The van der Waals surface area contributed by atoms with Crippen LogP contribution >= 0.6 is 0 Å². The van der Waals surface area contributed by atoms with E-state index in [9.17, 15) is 14.0 Å². The van der Waals surface area contributed by atoms with E-state index in [1.54, 1.807) is 12.1 Å². The number of nitrogens with one attached hydrogen (secondary N) is 1. The van der Waals surface area contributed by atoms with Gasteiger partial charge in [0.1, 0.15) is 11.9 Å². The number of carbonyl (C=O) groups is 2. The minimum Gasteiger partial charge on any atom is -0.327 e. The second-order valence-corrected chi connectivity index (χ2v) is 6.59. The van der Waals surface area contributed by atoms with E-state index in [4.69, 9.17) is 0 Å². The maximum atomic E-state index is 14.0. The number of rotatable bonds is 4. The third-order valence-electron chi connectivity index (χ3n) is 4.91. The molecule has 1 aliphatic heterocycles. The Morgan fingerprint density at radius 2 is 1.96 bits per heavy atom. The van der Waals surface area contributed by atoms with Crippen LogP contribution in [0.5, 0.6) is 0 Å². The van der Waals surface area contributed by atoms with Crippen molar-refractivity contribution < 1.29 is 14.0 Å². The van der Waals surface area contributed by atoms with Gasteiger partial charge in [-0.05, 0) is 49.4 Å². The van der Waals surface area contributed by atoms with Crippen LogP contribution in [0.25, 0.3) is 0 Å². The van der Waals surface area contributed by atoms with Gasteiger partial charge in [0.05, 0.1) is 5.56 Å². The minimum absolute atomic E-state index is 0.0114. The highest BCUT2D eigenvalue weighted by molar-refractivity contribution is 6.02. The Morgan fingerprint density at radius 1 is 1.19 bits per heavy atom. The Morgan fingerprint density at radius 3 is 2.69 bits per heavy atom. The van der Waals surface area contributed by atoms with Crippen LogP contribution < -0.4 is 5.32 Å². The van der Waals surface area contributed by atoms with Crippen molar-refractivity contribution in [3.63, 3.8) is 0 Å². The molecule has 0 aliphatic carbocycles. The summed E-state index contributed by atoms with van der Waals surface area (Å²) in [6.07, 6.45) is 2.12. The molecule has 1 saturated heterocycles. The molecule has 0 unspecified atom stereocenters. The van der Waals surface area contributed by atoms with Crippen LogP contribution in [0.3, 0.4) is 0 Å². The first kappa shape index (κ1) is 18.1. The van der Waals surface area contributed by atoms with Crippen molar-refractivity contribution >= 4 is 17.5 Å². The Hall–Kier alpha value is -2.69. The quantitative estimate of drug-likeness (QED) is 0.904. The first-order chi connectivity index (χ1) is 12.5. The summed E-state index contributed by atoms with van der Waals surface area (Å²) in [4.78, 5) is 27.1. The largest absolute Gasteiger partial charge is 0.327 e. The molecule has 1 aliphatic rings. The number of anilines is 1. The molecule has 3 rings (SSSR count). The number of nitrogens with zero attached hydrogens (tertiary/aromatic N) is 1. The van der Waals surface area contributed by atoms with E-state index < -0.39 is 17.8 Å². The molecule has 0 spiro atoms. The zero-order valence-corrected chi connectivity index (χ0v) is 15.1. The lowest BCUT2D eigenvalue weighted by Crippen LogP contribution is -2.43. The predicted molar refractivity (Wildman–Crippen MR) is 99.6 cm³/mol. The van der Waals surface area contributed by atoms with Crippen LogP contribution in [0.4, 0.5) is 10.1 Å². The third-order valence-corrected chi connectivity index (χ3v) is 4.91. The fourth-order valence-electron chi connectivity index (χ4n) is 3.48. The van der Waals surface area contributed by atoms with Gasteiger partial charge in [-0.3, -0.25) is 9.59 Å². The third kappa shape index (κ3) is 3.47. The van der Waals surface area contributed by atoms with Crippen LogP contribution in [0.1, 0.15) is 41.3 Å².